The SMILES string of the molecule is Cl.Cl.O=C(CN1CCN(C(=O)c2cc(C(F)(F)F)cc(C(F)(F)F)c2)[C@H](Cc2c[nH]c3ccccc23)C1)N1CCN(C2CCCCC2)CC1. The van der Waals surface area contributed by atoms with Gasteiger partial charge < -0.3 is 14.8 Å². The number of carbonyl (C=O) groups is 2. The van der Waals surface area contributed by atoms with Gasteiger partial charge in [0.05, 0.1) is 17.7 Å². The Labute approximate surface area is 293 Å². The summed E-state index contributed by atoms with van der Waals surface area (Å²) in [6, 6.07) is 8.52. The number of rotatable bonds is 6. The first kappa shape index (κ1) is 38.8. The Kier molecular flexibility index (Phi) is 12.6. The third kappa shape index (κ3) is 9.03. The molecule has 1 N–H and O–H groups in total. The van der Waals surface area contributed by atoms with Gasteiger partial charge in [-0.05, 0) is 49.1 Å². The van der Waals surface area contributed by atoms with Gasteiger partial charge in [-0.15, -0.1) is 24.8 Å². The maximum Gasteiger partial charge on any atom is 0.416 e. The van der Waals surface area contributed by atoms with Crippen LogP contribution in [0.2, 0.25) is 0 Å². The number of hydrogen-bond donors (Lipinski definition) is 1. The van der Waals surface area contributed by atoms with Crippen LogP contribution in [-0.4, -0.2) is 101 Å². The van der Waals surface area contributed by atoms with Gasteiger partial charge in [0, 0.05) is 80.6 Å². The van der Waals surface area contributed by atoms with Crippen molar-refractivity contribution in [3.8, 4) is 0 Å². The highest BCUT2D eigenvalue weighted by atomic mass is 35.5. The second-order valence-corrected chi connectivity index (χ2v) is 13.0. The lowest BCUT2D eigenvalue weighted by molar-refractivity contribution is -0.143. The van der Waals surface area contributed by atoms with Crippen molar-refractivity contribution in [3.05, 3.63) is 70.9 Å². The van der Waals surface area contributed by atoms with Gasteiger partial charge in [-0.25, -0.2) is 0 Å². The molecule has 2 saturated heterocycles. The summed E-state index contributed by atoms with van der Waals surface area (Å²) in [5.74, 6) is -0.928. The number of H-pyrrole nitrogens is 1. The molecule has 7 nitrogen and oxygen atoms in total. The molecule has 1 aliphatic carbocycles. The first-order valence-electron chi connectivity index (χ1n) is 16.3. The zero-order chi connectivity index (χ0) is 33.3. The minimum atomic E-state index is -5.07. The van der Waals surface area contributed by atoms with Gasteiger partial charge in [-0.3, -0.25) is 19.4 Å². The van der Waals surface area contributed by atoms with E-state index in [0.29, 0.717) is 37.7 Å². The molecule has 0 spiro atoms. The van der Waals surface area contributed by atoms with E-state index in [1.165, 1.54) is 37.0 Å². The lowest BCUT2D eigenvalue weighted by Crippen LogP contribution is -2.59. The van der Waals surface area contributed by atoms with E-state index in [1.54, 1.807) is 6.20 Å². The molecule has 0 bridgehead atoms. The zero-order valence-electron chi connectivity index (χ0n) is 26.9. The van der Waals surface area contributed by atoms with Crippen LogP contribution in [-0.2, 0) is 23.6 Å². The van der Waals surface area contributed by atoms with E-state index in [4.69, 9.17) is 0 Å². The molecule has 3 heterocycles. The van der Waals surface area contributed by atoms with Crippen LogP contribution in [0, 0.1) is 0 Å². The Morgan fingerprint density at radius 3 is 2.06 bits per heavy atom. The van der Waals surface area contributed by atoms with Crippen LogP contribution < -0.4 is 0 Å². The molecule has 49 heavy (non-hydrogen) atoms. The second-order valence-electron chi connectivity index (χ2n) is 13.0. The standard InChI is InChI=1S/C34H39F6N5O2.2ClH/c35-33(36,37)25-16-23(17-26(19-25)34(38,39)40)32(47)45-15-10-42(21-28(45)18-24-20-41-30-9-5-4-8-29(24)30)22-31(46)44-13-11-43(12-14-44)27-6-2-1-3-7-27;;/h4-5,8-9,16-17,19-20,27-28,41H,1-3,6-7,10-15,18,21-22H2;2*1H/t28-;;/m1../s1. The predicted octanol–water partition coefficient (Wildman–Crippen LogP) is 6.90. The highest BCUT2D eigenvalue weighted by Gasteiger charge is 2.40. The first-order chi connectivity index (χ1) is 22.4. The quantitative estimate of drug-likeness (QED) is 0.280. The van der Waals surface area contributed by atoms with Gasteiger partial charge in [0.25, 0.3) is 5.91 Å². The van der Waals surface area contributed by atoms with Gasteiger partial charge in [-0.1, -0.05) is 37.5 Å². The molecule has 0 radical (unpaired) electrons. The number of nitrogens with one attached hydrogen (secondary N) is 1. The van der Waals surface area contributed by atoms with E-state index in [-0.39, 0.29) is 63.0 Å². The summed E-state index contributed by atoms with van der Waals surface area (Å²) >= 11 is 0. The van der Waals surface area contributed by atoms with Crippen LogP contribution in [0.25, 0.3) is 10.9 Å². The summed E-state index contributed by atoms with van der Waals surface area (Å²) in [6.45, 7) is 3.62. The number of carbonyl (C=O) groups excluding carboxylic acids is 2. The highest BCUT2D eigenvalue weighted by molar-refractivity contribution is 5.95. The van der Waals surface area contributed by atoms with Crippen molar-refractivity contribution in [2.24, 2.45) is 0 Å². The lowest BCUT2D eigenvalue weighted by Gasteiger charge is -2.43. The van der Waals surface area contributed by atoms with E-state index in [0.717, 1.165) is 29.6 Å². The number of aromatic amines is 1. The van der Waals surface area contributed by atoms with Crippen LogP contribution >= 0.6 is 24.8 Å². The fraction of sp³-hybridized carbons (Fsp3) is 0.529. The number of alkyl halides is 6. The summed E-state index contributed by atoms with van der Waals surface area (Å²) in [6.07, 6.45) is -1.87. The van der Waals surface area contributed by atoms with Gasteiger partial charge >= 0.3 is 12.4 Å². The molecule has 3 fully saturated rings. The molecular formula is C34H41Cl2F6N5O2. The average molecular weight is 737 g/mol. The van der Waals surface area contributed by atoms with Crippen molar-refractivity contribution in [1.82, 2.24) is 24.6 Å². The van der Waals surface area contributed by atoms with Gasteiger partial charge in [0.1, 0.15) is 0 Å². The third-order valence-corrected chi connectivity index (χ3v) is 9.91. The van der Waals surface area contributed by atoms with Crippen molar-refractivity contribution < 1.29 is 35.9 Å². The fourth-order valence-corrected chi connectivity index (χ4v) is 7.38. The summed E-state index contributed by atoms with van der Waals surface area (Å²) in [5.41, 5.74) is -2.01. The summed E-state index contributed by atoms with van der Waals surface area (Å²) in [7, 11) is 0. The Morgan fingerprint density at radius 1 is 0.796 bits per heavy atom. The number of para-hydroxylation sites is 1. The number of fused-ring (bicyclic) bond motifs is 1. The fourth-order valence-electron chi connectivity index (χ4n) is 7.38. The topological polar surface area (TPSA) is 62.9 Å². The molecule has 270 valence electrons. The Bertz CT molecular complexity index is 1550. The maximum atomic E-state index is 13.8. The van der Waals surface area contributed by atoms with Crippen LogP contribution in [0.5, 0.6) is 0 Å². The molecule has 1 saturated carbocycles. The smallest absolute Gasteiger partial charge is 0.361 e. The van der Waals surface area contributed by atoms with E-state index < -0.39 is 41.0 Å². The minimum Gasteiger partial charge on any atom is -0.361 e. The number of benzene rings is 2. The Morgan fingerprint density at radius 2 is 1.43 bits per heavy atom. The number of aromatic nitrogens is 1. The molecule has 6 rings (SSSR count). The normalized spacial score (nSPS) is 20.2. The monoisotopic (exact) mass is 735 g/mol. The molecule has 15 heteroatoms. The largest absolute Gasteiger partial charge is 0.416 e. The summed E-state index contributed by atoms with van der Waals surface area (Å²) < 4.78 is 81.7. The zero-order valence-corrected chi connectivity index (χ0v) is 28.5. The second kappa shape index (κ2) is 15.9. The van der Waals surface area contributed by atoms with E-state index in [9.17, 15) is 35.9 Å². The third-order valence-electron chi connectivity index (χ3n) is 9.91. The molecule has 3 aliphatic rings. The van der Waals surface area contributed by atoms with Crippen LogP contribution in [0.15, 0.2) is 48.7 Å². The lowest BCUT2D eigenvalue weighted by atomic mass is 9.94. The van der Waals surface area contributed by atoms with E-state index in [1.807, 2.05) is 34.1 Å². The first-order valence-corrected chi connectivity index (χ1v) is 16.3. The van der Waals surface area contributed by atoms with Crippen molar-refractivity contribution >= 4 is 47.5 Å². The molecule has 2 aromatic carbocycles. The van der Waals surface area contributed by atoms with Crippen LogP contribution in [0.4, 0.5) is 26.3 Å². The Hall–Kier alpha value is -3.00. The summed E-state index contributed by atoms with van der Waals surface area (Å²) in [4.78, 5) is 38.0. The predicted molar refractivity (Wildman–Crippen MR) is 179 cm³/mol. The molecule has 2 amide bonds. The molecule has 0 unspecified atom stereocenters. The van der Waals surface area contributed by atoms with Gasteiger partial charge in [-0.2, -0.15) is 26.3 Å². The number of hydrogen-bond acceptors (Lipinski definition) is 4. The van der Waals surface area contributed by atoms with E-state index >= 15 is 0 Å². The molecular weight excluding hydrogens is 695 g/mol. The number of halogens is 8. The average Bonchev–Trinajstić information content (AvgIpc) is 3.46. The van der Waals surface area contributed by atoms with Crippen molar-refractivity contribution in [2.75, 3.05) is 52.4 Å². The molecule has 1 atom stereocenters. The number of amides is 2. The molecule has 1 aromatic heterocycles. The van der Waals surface area contributed by atoms with Gasteiger partial charge in [0.2, 0.25) is 5.91 Å². The summed E-state index contributed by atoms with van der Waals surface area (Å²) in [5, 5.41) is 0.905. The van der Waals surface area contributed by atoms with Crippen molar-refractivity contribution in [2.45, 2.75) is 63.0 Å². The number of piperazine rings is 2. The highest BCUT2D eigenvalue weighted by Crippen LogP contribution is 2.37. The van der Waals surface area contributed by atoms with Crippen LogP contribution in [0.1, 0.15) is 59.2 Å². The van der Waals surface area contributed by atoms with Crippen molar-refractivity contribution in [1.29, 1.82) is 0 Å². The van der Waals surface area contributed by atoms with Gasteiger partial charge in [0.15, 0.2) is 0 Å². The van der Waals surface area contributed by atoms with E-state index in [2.05, 4.69) is 9.88 Å². The number of nitrogens with zero attached hydrogens (tertiary/aromatic N) is 4. The molecule has 2 aliphatic heterocycles. The minimum absolute atomic E-state index is 0. The molecule has 3 aromatic rings. The van der Waals surface area contributed by atoms with Crippen molar-refractivity contribution in [3.63, 3.8) is 0 Å². The Balaban J connectivity index is 0.00000270. The van der Waals surface area contributed by atoms with Crippen LogP contribution in [0.3, 0.4) is 0 Å². The maximum absolute atomic E-state index is 13.8.